The molecule has 2 aliphatic rings. The van der Waals surface area contributed by atoms with Crippen LogP contribution >= 0.6 is 11.3 Å². The van der Waals surface area contributed by atoms with Gasteiger partial charge in [0.25, 0.3) is 0 Å². The number of carbonyl (C=O) groups excluding carboxylic acids is 2. The Morgan fingerprint density at radius 2 is 2.04 bits per heavy atom. The number of anilines is 1. The highest BCUT2D eigenvalue weighted by Gasteiger charge is 2.34. The molecule has 0 aromatic carbocycles. The Hall–Kier alpha value is -1.64. The fraction of sp³-hybridized carbons (Fsp3) is 0.625. The first kappa shape index (κ1) is 17.2. The van der Waals surface area contributed by atoms with Crippen molar-refractivity contribution < 1.29 is 19.1 Å². The highest BCUT2D eigenvalue weighted by Crippen LogP contribution is 2.40. The van der Waals surface area contributed by atoms with E-state index in [2.05, 4.69) is 10.6 Å². The third-order valence-electron chi connectivity index (χ3n) is 4.30. The summed E-state index contributed by atoms with van der Waals surface area (Å²) in [5.74, 6) is -0.416. The van der Waals surface area contributed by atoms with Crippen LogP contribution in [0.15, 0.2) is 0 Å². The molecule has 0 aliphatic carbocycles. The molecule has 1 saturated heterocycles. The van der Waals surface area contributed by atoms with Gasteiger partial charge in [-0.05, 0) is 19.4 Å². The summed E-state index contributed by atoms with van der Waals surface area (Å²) in [7, 11) is 1.36. The molecule has 0 saturated carbocycles. The lowest BCUT2D eigenvalue weighted by Crippen LogP contribution is -2.48. The summed E-state index contributed by atoms with van der Waals surface area (Å²) in [6.07, 6.45) is 0.618. The van der Waals surface area contributed by atoms with Gasteiger partial charge in [-0.3, -0.25) is 5.32 Å². The number of methoxy groups -OCH3 is 1. The molecule has 0 spiro atoms. The fourth-order valence-corrected chi connectivity index (χ4v) is 4.11. The number of thiophene rings is 1. The Morgan fingerprint density at radius 1 is 1.33 bits per heavy atom. The number of piperazine rings is 1. The van der Waals surface area contributed by atoms with E-state index in [0.29, 0.717) is 36.7 Å². The summed E-state index contributed by atoms with van der Waals surface area (Å²) >= 11 is 1.40. The zero-order chi connectivity index (χ0) is 17.3. The van der Waals surface area contributed by atoms with Gasteiger partial charge in [0.2, 0.25) is 0 Å². The van der Waals surface area contributed by atoms with Crippen molar-refractivity contribution in [2.75, 3.05) is 38.6 Å². The molecule has 0 bridgehead atoms. The third kappa shape index (κ3) is 3.40. The zero-order valence-corrected chi connectivity index (χ0v) is 15.0. The van der Waals surface area contributed by atoms with Crippen LogP contribution in [0.3, 0.4) is 0 Å². The number of urea groups is 1. The second kappa shape index (κ2) is 6.70. The molecule has 0 unspecified atom stereocenters. The van der Waals surface area contributed by atoms with Crippen molar-refractivity contribution in [2.24, 2.45) is 0 Å². The lowest BCUT2D eigenvalue weighted by atomic mass is 9.93. The number of hydrogen-bond donors (Lipinski definition) is 2. The third-order valence-corrected chi connectivity index (χ3v) is 5.42. The molecule has 8 heteroatoms. The first-order valence-electron chi connectivity index (χ1n) is 8.05. The van der Waals surface area contributed by atoms with Gasteiger partial charge in [0.1, 0.15) is 5.00 Å². The van der Waals surface area contributed by atoms with E-state index in [1.165, 1.54) is 18.4 Å². The first-order valence-corrected chi connectivity index (χ1v) is 8.86. The quantitative estimate of drug-likeness (QED) is 0.793. The van der Waals surface area contributed by atoms with Gasteiger partial charge in [-0.25, -0.2) is 9.59 Å². The molecule has 3 rings (SSSR count). The molecule has 2 aliphatic heterocycles. The number of fused-ring (bicyclic) bond motifs is 1. The molecule has 0 atom stereocenters. The van der Waals surface area contributed by atoms with Gasteiger partial charge in [-0.2, -0.15) is 0 Å². The van der Waals surface area contributed by atoms with E-state index in [0.717, 1.165) is 23.5 Å². The van der Waals surface area contributed by atoms with Crippen LogP contribution in [0.2, 0.25) is 0 Å². The molecule has 1 aromatic rings. The largest absolute Gasteiger partial charge is 0.465 e. The lowest BCUT2D eigenvalue weighted by Gasteiger charge is -2.30. The maximum Gasteiger partial charge on any atom is 0.341 e. The smallest absolute Gasteiger partial charge is 0.341 e. The zero-order valence-electron chi connectivity index (χ0n) is 14.2. The summed E-state index contributed by atoms with van der Waals surface area (Å²) in [6.45, 7) is 7.30. The van der Waals surface area contributed by atoms with Crippen molar-refractivity contribution in [3.8, 4) is 0 Å². The topological polar surface area (TPSA) is 79.9 Å². The molecule has 2 N–H and O–H groups in total. The van der Waals surface area contributed by atoms with Crippen LogP contribution in [-0.2, 0) is 22.5 Å². The van der Waals surface area contributed by atoms with E-state index in [4.69, 9.17) is 9.47 Å². The highest BCUT2D eigenvalue weighted by atomic mass is 32.1. The number of nitrogens with zero attached hydrogens (tertiary/aromatic N) is 1. The number of carbonyl (C=O) groups is 2. The van der Waals surface area contributed by atoms with Crippen LogP contribution in [0.4, 0.5) is 9.80 Å². The molecule has 2 amide bonds. The molecule has 7 nitrogen and oxygen atoms in total. The Morgan fingerprint density at radius 3 is 2.71 bits per heavy atom. The van der Waals surface area contributed by atoms with Crippen molar-refractivity contribution in [2.45, 2.75) is 32.5 Å². The minimum atomic E-state index is -0.416. The number of amides is 2. The summed E-state index contributed by atoms with van der Waals surface area (Å²) < 4.78 is 10.8. The van der Waals surface area contributed by atoms with Gasteiger partial charge in [0.05, 0.1) is 24.9 Å². The number of esters is 1. The summed E-state index contributed by atoms with van der Waals surface area (Å²) in [6, 6.07) is -0.180. The van der Waals surface area contributed by atoms with Crippen molar-refractivity contribution in [3.05, 3.63) is 16.0 Å². The lowest BCUT2D eigenvalue weighted by molar-refractivity contribution is -0.0384. The van der Waals surface area contributed by atoms with Crippen LogP contribution in [0.25, 0.3) is 0 Å². The van der Waals surface area contributed by atoms with Gasteiger partial charge in [-0.1, -0.05) is 0 Å². The normalized spacial score (nSPS) is 19.5. The van der Waals surface area contributed by atoms with Crippen molar-refractivity contribution in [1.82, 2.24) is 10.2 Å². The molecule has 132 valence electrons. The van der Waals surface area contributed by atoms with E-state index in [9.17, 15) is 9.59 Å². The maximum atomic E-state index is 12.5. The van der Waals surface area contributed by atoms with E-state index >= 15 is 0 Å². The molecule has 3 heterocycles. The van der Waals surface area contributed by atoms with Gasteiger partial charge in [-0.15, -0.1) is 11.3 Å². The van der Waals surface area contributed by atoms with Gasteiger partial charge >= 0.3 is 12.0 Å². The minimum absolute atomic E-state index is 0.180. The van der Waals surface area contributed by atoms with Gasteiger partial charge in [0, 0.05) is 37.5 Å². The monoisotopic (exact) mass is 353 g/mol. The predicted molar refractivity (Wildman–Crippen MR) is 91.7 cm³/mol. The number of hydrogen-bond acceptors (Lipinski definition) is 6. The first-order chi connectivity index (χ1) is 11.4. The maximum absolute atomic E-state index is 12.5. The Balaban J connectivity index is 1.88. The fourth-order valence-electron chi connectivity index (χ4n) is 3.00. The van der Waals surface area contributed by atoms with E-state index in [1.54, 1.807) is 4.90 Å². The van der Waals surface area contributed by atoms with Crippen molar-refractivity contribution in [1.29, 1.82) is 0 Å². The summed E-state index contributed by atoms with van der Waals surface area (Å²) in [4.78, 5) is 27.5. The van der Waals surface area contributed by atoms with E-state index in [1.807, 2.05) is 13.8 Å². The molecular weight excluding hydrogens is 330 g/mol. The standard InChI is InChI=1S/C16H23N3O4S/c1-16(2)8-10-11(9-23-16)24-13(12(10)14(20)22-3)18-15(21)19-6-4-17-5-7-19/h17H,4-9H2,1-3H3,(H,18,21). The summed E-state index contributed by atoms with van der Waals surface area (Å²) in [5, 5.41) is 6.67. The average Bonchev–Trinajstić information content (AvgIpc) is 2.90. The van der Waals surface area contributed by atoms with Crippen LogP contribution < -0.4 is 10.6 Å². The van der Waals surface area contributed by atoms with E-state index in [-0.39, 0.29) is 11.6 Å². The summed E-state index contributed by atoms with van der Waals surface area (Å²) in [5.41, 5.74) is 1.06. The molecular formula is C16H23N3O4S. The van der Waals surface area contributed by atoms with Crippen LogP contribution in [-0.4, -0.2) is 55.8 Å². The average molecular weight is 353 g/mol. The second-order valence-corrected chi connectivity index (χ2v) is 7.70. The van der Waals surface area contributed by atoms with Crippen LogP contribution in [0, 0.1) is 0 Å². The molecule has 1 fully saturated rings. The number of rotatable bonds is 2. The van der Waals surface area contributed by atoms with Crippen molar-refractivity contribution in [3.63, 3.8) is 0 Å². The Bertz CT molecular complexity index is 650. The number of ether oxygens (including phenoxy) is 2. The van der Waals surface area contributed by atoms with Gasteiger partial charge < -0.3 is 19.7 Å². The minimum Gasteiger partial charge on any atom is -0.465 e. The van der Waals surface area contributed by atoms with Crippen LogP contribution in [0.1, 0.15) is 34.6 Å². The highest BCUT2D eigenvalue weighted by molar-refractivity contribution is 7.17. The van der Waals surface area contributed by atoms with Crippen molar-refractivity contribution >= 4 is 28.3 Å². The molecule has 0 radical (unpaired) electrons. The molecule has 1 aromatic heterocycles. The Labute approximate surface area is 145 Å². The van der Waals surface area contributed by atoms with Gasteiger partial charge in [0.15, 0.2) is 0 Å². The second-order valence-electron chi connectivity index (χ2n) is 6.59. The number of nitrogens with one attached hydrogen (secondary N) is 2. The Kier molecular flexibility index (Phi) is 4.80. The van der Waals surface area contributed by atoms with E-state index < -0.39 is 5.97 Å². The SMILES string of the molecule is COC(=O)c1c(NC(=O)N2CCNCC2)sc2c1CC(C)(C)OC2. The predicted octanol–water partition coefficient (Wildman–Crippen LogP) is 1.82. The molecule has 24 heavy (non-hydrogen) atoms. The van der Waals surface area contributed by atoms with Crippen LogP contribution in [0.5, 0.6) is 0 Å².